The van der Waals surface area contributed by atoms with Crippen molar-refractivity contribution in [2.45, 2.75) is 38.5 Å². The van der Waals surface area contributed by atoms with E-state index in [2.05, 4.69) is 10.6 Å². The van der Waals surface area contributed by atoms with Crippen molar-refractivity contribution in [3.8, 4) is 5.75 Å². The number of hydrogen-bond donors (Lipinski definition) is 3. The molecule has 222 valence electrons. The highest BCUT2D eigenvalue weighted by Gasteiger charge is 2.29. The maximum absolute atomic E-state index is 14.2. The molecule has 5 rings (SSSR count). The number of hydrogen-bond acceptors (Lipinski definition) is 5. The van der Waals surface area contributed by atoms with E-state index in [4.69, 9.17) is 4.74 Å². The predicted molar refractivity (Wildman–Crippen MR) is 153 cm³/mol. The molecule has 1 aliphatic heterocycles. The standard InChI is InChI=1S/C32H28F3N3O5/c33-21-13-25(34)23(26(35)14-21)16-37-31(40)24-17-38(22-11-6-10-20-9-4-5-12-27(20)36-15-22)28(32(41)42)30(29(24)39)43-18-19-7-2-1-3-8-19/h1-5,7-9,12-14,17,22,36H,6,10-11,15-16,18H2,(H,37,40)(H,41,42)/t22-/m0/s1. The number of anilines is 1. The number of nitrogens with one attached hydrogen (secondary N) is 2. The van der Waals surface area contributed by atoms with Crippen molar-refractivity contribution in [1.82, 2.24) is 9.88 Å². The largest absolute Gasteiger partial charge is 0.482 e. The highest BCUT2D eigenvalue weighted by Crippen LogP contribution is 2.29. The van der Waals surface area contributed by atoms with E-state index in [0.717, 1.165) is 23.9 Å². The van der Waals surface area contributed by atoms with Crippen molar-refractivity contribution in [1.29, 1.82) is 0 Å². The summed E-state index contributed by atoms with van der Waals surface area (Å²) >= 11 is 0. The van der Waals surface area contributed by atoms with Gasteiger partial charge in [-0.2, -0.15) is 0 Å². The molecule has 0 bridgehead atoms. The molecule has 0 fully saturated rings. The van der Waals surface area contributed by atoms with Gasteiger partial charge in [0.2, 0.25) is 5.43 Å². The predicted octanol–water partition coefficient (Wildman–Crippen LogP) is 5.46. The molecular formula is C32H28F3N3O5. The summed E-state index contributed by atoms with van der Waals surface area (Å²) in [5.74, 6) is -6.50. The van der Waals surface area contributed by atoms with Crippen LogP contribution in [0.4, 0.5) is 18.9 Å². The Morgan fingerprint density at radius 1 is 1.02 bits per heavy atom. The number of nitrogens with zero attached hydrogens (tertiary/aromatic N) is 1. The van der Waals surface area contributed by atoms with Gasteiger partial charge in [0.15, 0.2) is 11.4 Å². The fourth-order valence-corrected chi connectivity index (χ4v) is 5.14. The zero-order valence-corrected chi connectivity index (χ0v) is 22.9. The van der Waals surface area contributed by atoms with Crippen LogP contribution in [0.1, 0.15) is 56.4 Å². The summed E-state index contributed by atoms with van der Waals surface area (Å²) in [4.78, 5) is 39.5. The molecule has 0 saturated heterocycles. The summed E-state index contributed by atoms with van der Waals surface area (Å²) in [7, 11) is 0. The molecule has 0 radical (unpaired) electrons. The van der Waals surface area contributed by atoms with Crippen LogP contribution in [0.3, 0.4) is 0 Å². The third-order valence-corrected chi connectivity index (χ3v) is 7.32. The van der Waals surface area contributed by atoms with Gasteiger partial charge in [-0.25, -0.2) is 18.0 Å². The normalized spacial score (nSPS) is 14.5. The van der Waals surface area contributed by atoms with Crippen molar-refractivity contribution < 1.29 is 32.6 Å². The van der Waals surface area contributed by atoms with Crippen molar-refractivity contribution in [3.63, 3.8) is 0 Å². The average molecular weight is 592 g/mol. The number of pyridine rings is 1. The number of para-hydroxylation sites is 1. The number of ether oxygens (including phenoxy) is 1. The number of carbonyl (C=O) groups excluding carboxylic acids is 1. The number of aromatic nitrogens is 1. The van der Waals surface area contributed by atoms with Crippen LogP contribution in [0.2, 0.25) is 0 Å². The summed E-state index contributed by atoms with van der Waals surface area (Å²) in [5.41, 5.74) is 0.184. The number of carboxylic acid groups (broad SMARTS) is 1. The van der Waals surface area contributed by atoms with Crippen molar-refractivity contribution in [2.24, 2.45) is 0 Å². The van der Waals surface area contributed by atoms with Gasteiger partial charge in [0.1, 0.15) is 29.6 Å². The molecule has 1 atom stereocenters. The second-order valence-corrected chi connectivity index (χ2v) is 10.2. The summed E-state index contributed by atoms with van der Waals surface area (Å²) in [6, 6.07) is 17.0. The van der Waals surface area contributed by atoms with Crippen LogP contribution in [0.15, 0.2) is 77.7 Å². The Kier molecular flexibility index (Phi) is 8.79. The third kappa shape index (κ3) is 6.56. The van der Waals surface area contributed by atoms with Crippen LogP contribution < -0.4 is 20.8 Å². The highest BCUT2D eigenvalue weighted by atomic mass is 19.1. The summed E-state index contributed by atoms with van der Waals surface area (Å²) in [6.45, 7) is -0.548. The lowest BCUT2D eigenvalue weighted by Gasteiger charge is -2.28. The first kappa shape index (κ1) is 29.4. The number of fused-ring (bicyclic) bond motifs is 1. The molecule has 0 saturated carbocycles. The number of benzene rings is 3. The van der Waals surface area contributed by atoms with E-state index in [1.165, 1.54) is 4.57 Å². The molecule has 0 spiro atoms. The lowest BCUT2D eigenvalue weighted by atomic mass is 9.99. The average Bonchev–Trinajstić information content (AvgIpc) is 2.96. The fourth-order valence-electron chi connectivity index (χ4n) is 5.14. The molecule has 0 unspecified atom stereocenters. The van der Waals surface area contributed by atoms with Gasteiger partial charge in [-0.05, 0) is 36.5 Å². The zero-order chi connectivity index (χ0) is 30.5. The van der Waals surface area contributed by atoms with E-state index in [1.54, 1.807) is 30.3 Å². The van der Waals surface area contributed by atoms with Gasteiger partial charge in [0, 0.05) is 42.7 Å². The maximum atomic E-state index is 14.2. The van der Waals surface area contributed by atoms with E-state index < -0.39 is 69.9 Å². The fraction of sp³-hybridized carbons (Fsp3) is 0.219. The maximum Gasteiger partial charge on any atom is 0.356 e. The van der Waals surface area contributed by atoms with Crippen LogP contribution in [-0.2, 0) is 19.6 Å². The smallest absolute Gasteiger partial charge is 0.356 e. The molecule has 1 aliphatic rings. The van der Waals surface area contributed by atoms with Gasteiger partial charge < -0.3 is 25.0 Å². The summed E-state index contributed by atoms with van der Waals surface area (Å²) < 4.78 is 48.9. The van der Waals surface area contributed by atoms with Crippen molar-refractivity contribution in [2.75, 3.05) is 11.9 Å². The SMILES string of the molecule is O=C(NCc1c(F)cc(F)cc1F)c1cn([C@H]2CCCc3ccccc3NC2)c(C(=O)O)c(OCc2ccccc2)c1=O. The Morgan fingerprint density at radius 2 is 1.72 bits per heavy atom. The van der Waals surface area contributed by atoms with E-state index in [1.807, 2.05) is 24.3 Å². The Labute approximate surface area is 244 Å². The molecule has 11 heteroatoms. The summed E-state index contributed by atoms with van der Waals surface area (Å²) in [6.07, 6.45) is 3.07. The van der Waals surface area contributed by atoms with Crippen LogP contribution in [0.25, 0.3) is 0 Å². The number of rotatable bonds is 8. The Morgan fingerprint density at radius 3 is 2.44 bits per heavy atom. The minimum absolute atomic E-state index is 0.149. The van der Waals surface area contributed by atoms with E-state index in [9.17, 15) is 32.7 Å². The number of aromatic carboxylic acids is 1. The number of halogens is 3. The lowest BCUT2D eigenvalue weighted by molar-refractivity contribution is 0.0672. The first-order chi connectivity index (χ1) is 20.7. The quantitative estimate of drug-likeness (QED) is 0.251. The van der Waals surface area contributed by atoms with Gasteiger partial charge >= 0.3 is 5.97 Å². The number of carbonyl (C=O) groups is 2. The molecule has 4 aromatic rings. The Balaban J connectivity index is 1.54. The van der Waals surface area contributed by atoms with Crippen LogP contribution >= 0.6 is 0 Å². The monoisotopic (exact) mass is 591 g/mol. The molecule has 3 aromatic carbocycles. The second-order valence-electron chi connectivity index (χ2n) is 10.2. The first-order valence-electron chi connectivity index (χ1n) is 13.7. The Hall–Kier alpha value is -5.06. The summed E-state index contributed by atoms with van der Waals surface area (Å²) in [5, 5.41) is 15.9. The van der Waals surface area contributed by atoms with Gasteiger partial charge in [-0.1, -0.05) is 48.5 Å². The van der Waals surface area contributed by atoms with Crippen LogP contribution in [0, 0.1) is 17.5 Å². The van der Waals surface area contributed by atoms with Gasteiger partial charge in [0.25, 0.3) is 5.91 Å². The minimum atomic E-state index is -1.43. The Bertz CT molecular complexity index is 1700. The van der Waals surface area contributed by atoms with Gasteiger partial charge in [-0.3, -0.25) is 9.59 Å². The van der Waals surface area contributed by atoms with Crippen molar-refractivity contribution in [3.05, 3.63) is 129 Å². The number of carboxylic acids is 1. The molecule has 3 N–H and O–H groups in total. The second kappa shape index (κ2) is 12.8. The van der Waals surface area contributed by atoms with E-state index >= 15 is 0 Å². The number of amides is 1. The number of aryl methyl sites for hydroxylation is 1. The van der Waals surface area contributed by atoms with Gasteiger partial charge in [-0.15, -0.1) is 0 Å². The topological polar surface area (TPSA) is 110 Å². The molecule has 43 heavy (non-hydrogen) atoms. The molecule has 1 aromatic heterocycles. The molecular weight excluding hydrogens is 563 g/mol. The molecule has 8 nitrogen and oxygen atoms in total. The molecule has 1 amide bonds. The zero-order valence-electron chi connectivity index (χ0n) is 22.9. The van der Waals surface area contributed by atoms with Gasteiger partial charge in [0.05, 0.1) is 6.04 Å². The van der Waals surface area contributed by atoms with E-state index in [0.29, 0.717) is 30.5 Å². The molecule has 2 heterocycles. The highest BCUT2D eigenvalue weighted by molar-refractivity contribution is 5.96. The lowest BCUT2D eigenvalue weighted by Crippen LogP contribution is -2.34. The first-order valence-corrected chi connectivity index (χ1v) is 13.7. The third-order valence-electron chi connectivity index (χ3n) is 7.32. The van der Waals surface area contributed by atoms with Crippen LogP contribution in [-0.4, -0.2) is 28.1 Å². The van der Waals surface area contributed by atoms with E-state index in [-0.39, 0.29) is 13.2 Å². The van der Waals surface area contributed by atoms with Crippen molar-refractivity contribution >= 4 is 17.6 Å². The minimum Gasteiger partial charge on any atom is -0.482 e. The van der Waals surface area contributed by atoms with Crippen LogP contribution in [0.5, 0.6) is 5.75 Å². The molecule has 0 aliphatic carbocycles.